The molecule has 0 aromatic rings. The normalized spacial score (nSPS) is 31.6. The minimum atomic E-state index is 0.296. The maximum Gasteiger partial charge on any atom is 0.0687 e. The second-order valence-corrected chi connectivity index (χ2v) is 7.08. The van der Waals surface area contributed by atoms with Crippen LogP contribution in [0.25, 0.3) is 0 Å². The molecule has 0 aromatic carbocycles. The smallest absolute Gasteiger partial charge is 0.0687 e. The Morgan fingerprint density at radius 1 is 1.24 bits per heavy atom. The lowest BCUT2D eigenvalue weighted by Gasteiger charge is -2.35. The molecule has 1 spiro atoms. The molecule has 0 radical (unpaired) electrons. The predicted octanol–water partition coefficient (Wildman–Crippen LogP) is 5.07. The molecule has 1 heterocycles. The van der Waals surface area contributed by atoms with Crippen LogP contribution in [-0.2, 0) is 4.74 Å². The Balaban J connectivity index is 1.89. The van der Waals surface area contributed by atoms with Crippen LogP contribution in [0.2, 0.25) is 0 Å². The third-order valence-corrected chi connectivity index (χ3v) is 6.35. The number of ether oxygens (including phenoxy) is 1. The molecule has 1 saturated carbocycles. The number of halogens is 1. The van der Waals surface area contributed by atoms with Crippen molar-refractivity contribution in [3.05, 3.63) is 0 Å². The quantitative estimate of drug-likeness (QED) is 0.659. The highest BCUT2D eigenvalue weighted by molar-refractivity contribution is 9.09. The van der Waals surface area contributed by atoms with Crippen molar-refractivity contribution < 1.29 is 4.74 Å². The second-order valence-electron chi connectivity index (χ2n) is 6.52. The van der Waals surface area contributed by atoms with Crippen LogP contribution in [-0.4, -0.2) is 17.0 Å². The summed E-state index contributed by atoms with van der Waals surface area (Å²) in [6, 6.07) is 0. The van der Waals surface area contributed by atoms with Gasteiger partial charge in [-0.3, -0.25) is 0 Å². The molecule has 2 fully saturated rings. The van der Waals surface area contributed by atoms with Gasteiger partial charge in [0.1, 0.15) is 0 Å². The summed E-state index contributed by atoms with van der Waals surface area (Å²) in [5, 5.41) is 1.10. The molecule has 2 rings (SSSR count). The van der Waals surface area contributed by atoms with Gasteiger partial charge in [0, 0.05) is 5.33 Å². The molecule has 100 valence electrons. The van der Waals surface area contributed by atoms with Crippen LogP contribution in [0.3, 0.4) is 0 Å². The highest BCUT2D eigenvalue weighted by Crippen LogP contribution is 2.45. The third kappa shape index (κ3) is 3.26. The SMILES string of the molecule is CCC(C)(CBr)CC1CCC2(CCCCC2)O1. The zero-order valence-corrected chi connectivity index (χ0v) is 13.0. The fourth-order valence-corrected chi connectivity index (χ4v) is 4.07. The molecule has 0 N–H and O–H groups in total. The van der Waals surface area contributed by atoms with Gasteiger partial charge in [0.15, 0.2) is 0 Å². The van der Waals surface area contributed by atoms with Gasteiger partial charge in [-0.2, -0.15) is 0 Å². The predicted molar refractivity (Wildman–Crippen MR) is 76.7 cm³/mol. The van der Waals surface area contributed by atoms with Gasteiger partial charge in [-0.1, -0.05) is 49.0 Å². The van der Waals surface area contributed by atoms with Crippen LogP contribution in [0.5, 0.6) is 0 Å². The Labute approximate surface area is 115 Å². The molecule has 0 aromatic heterocycles. The van der Waals surface area contributed by atoms with E-state index in [2.05, 4.69) is 29.8 Å². The Morgan fingerprint density at radius 3 is 2.53 bits per heavy atom. The van der Waals surface area contributed by atoms with Gasteiger partial charge in [-0.05, 0) is 43.9 Å². The van der Waals surface area contributed by atoms with Crippen molar-refractivity contribution in [1.82, 2.24) is 0 Å². The molecule has 0 bridgehead atoms. The molecular weight excluding hydrogens is 276 g/mol. The molecule has 1 saturated heterocycles. The number of hydrogen-bond donors (Lipinski definition) is 0. The first-order chi connectivity index (χ1) is 8.11. The first-order valence-electron chi connectivity index (χ1n) is 7.35. The van der Waals surface area contributed by atoms with Crippen LogP contribution >= 0.6 is 15.9 Å². The minimum absolute atomic E-state index is 0.296. The first kappa shape index (κ1) is 13.9. The monoisotopic (exact) mass is 302 g/mol. The van der Waals surface area contributed by atoms with Crippen LogP contribution in [0.4, 0.5) is 0 Å². The highest BCUT2D eigenvalue weighted by atomic mass is 79.9. The van der Waals surface area contributed by atoms with Crippen LogP contribution in [0.1, 0.15) is 71.6 Å². The van der Waals surface area contributed by atoms with Gasteiger partial charge >= 0.3 is 0 Å². The average Bonchev–Trinajstić information content (AvgIpc) is 2.72. The van der Waals surface area contributed by atoms with Gasteiger partial charge in [0.05, 0.1) is 11.7 Å². The van der Waals surface area contributed by atoms with Crippen LogP contribution < -0.4 is 0 Å². The summed E-state index contributed by atoms with van der Waals surface area (Å²) in [6.45, 7) is 4.68. The summed E-state index contributed by atoms with van der Waals surface area (Å²) in [6.07, 6.45) is 12.4. The number of hydrogen-bond acceptors (Lipinski definition) is 1. The van der Waals surface area contributed by atoms with Crippen molar-refractivity contribution in [2.24, 2.45) is 5.41 Å². The maximum absolute atomic E-state index is 6.47. The largest absolute Gasteiger partial charge is 0.372 e. The summed E-state index contributed by atoms with van der Waals surface area (Å²) < 4.78 is 6.47. The lowest BCUT2D eigenvalue weighted by molar-refractivity contribution is -0.0744. The zero-order valence-electron chi connectivity index (χ0n) is 11.4. The van der Waals surface area contributed by atoms with Crippen molar-refractivity contribution in [3.63, 3.8) is 0 Å². The zero-order chi connectivity index (χ0) is 12.4. The molecule has 2 atom stereocenters. The fourth-order valence-electron chi connectivity index (χ4n) is 3.45. The minimum Gasteiger partial charge on any atom is -0.372 e. The van der Waals surface area contributed by atoms with Gasteiger partial charge in [-0.15, -0.1) is 0 Å². The van der Waals surface area contributed by atoms with Crippen molar-refractivity contribution in [2.45, 2.75) is 83.3 Å². The van der Waals surface area contributed by atoms with Gasteiger partial charge < -0.3 is 4.74 Å². The van der Waals surface area contributed by atoms with Gasteiger partial charge in [-0.25, -0.2) is 0 Å². The average molecular weight is 303 g/mol. The standard InChI is InChI=1S/C15H27BrO/c1-3-14(2,12-16)11-13-7-10-15(17-13)8-5-4-6-9-15/h13H,3-12H2,1-2H3. The summed E-state index contributed by atoms with van der Waals surface area (Å²) in [5.74, 6) is 0. The first-order valence-corrected chi connectivity index (χ1v) is 8.47. The lowest BCUT2D eigenvalue weighted by Crippen LogP contribution is -2.33. The molecule has 2 heteroatoms. The lowest BCUT2D eigenvalue weighted by atomic mass is 9.82. The van der Waals surface area contributed by atoms with E-state index in [0.717, 1.165) is 5.33 Å². The van der Waals surface area contributed by atoms with Crippen molar-refractivity contribution in [3.8, 4) is 0 Å². The van der Waals surface area contributed by atoms with E-state index in [1.807, 2.05) is 0 Å². The van der Waals surface area contributed by atoms with Gasteiger partial charge in [0.25, 0.3) is 0 Å². The highest BCUT2D eigenvalue weighted by Gasteiger charge is 2.42. The van der Waals surface area contributed by atoms with Crippen LogP contribution in [0, 0.1) is 5.41 Å². The van der Waals surface area contributed by atoms with Crippen molar-refractivity contribution in [1.29, 1.82) is 0 Å². The Kier molecular flexibility index (Phi) is 4.57. The Morgan fingerprint density at radius 2 is 1.94 bits per heavy atom. The molecule has 1 nitrogen and oxygen atoms in total. The molecule has 1 aliphatic carbocycles. The third-order valence-electron chi connectivity index (χ3n) is 5.00. The van der Waals surface area contributed by atoms with E-state index in [4.69, 9.17) is 4.74 Å². The Bertz CT molecular complexity index is 241. The fraction of sp³-hybridized carbons (Fsp3) is 1.00. The van der Waals surface area contributed by atoms with Crippen LogP contribution in [0.15, 0.2) is 0 Å². The molecule has 0 amide bonds. The second kappa shape index (κ2) is 5.61. The maximum atomic E-state index is 6.47. The van der Waals surface area contributed by atoms with E-state index in [1.54, 1.807) is 0 Å². The summed E-state index contributed by atoms with van der Waals surface area (Å²) >= 11 is 3.67. The summed E-state index contributed by atoms with van der Waals surface area (Å²) in [4.78, 5) is 0. The van der Waals surface area contributed by atoms with E-state index < -0.39 is 0 Å². The molecule has 1 aliphatic heterocycles. The van der Waals surface area contributed by atoms with Crippen molar-refractivity contribution >= 4 is 15.9 Å². The molecule has 2 aliphatic rings. The van der Waals surface area contributed by atoms with Crippen molar-refractivity contribution in [2.75, 3.05) is 5.33 Å². The Hall–Kier alpha value is 0.440. The van der Waals surface area contributed by atoms with E-state index in [1.165, 1.54) is 57.8 Å². The topological polar surface area (TPSA) is 9.23 Å². The van der Waals surface area contributed by atoms with Gasteiger partial charge in [0.2, 0.25) is 0 Å². The number of rotatable bonds is 4. The van der Waals surface area contributed by atoms with E-state index in [-0.39, 0.29) is 0 Å². The van der Waals surface area contributed by atoms with E-state index >= 15 is 0 Å². The molecule has 17 heavy (non-hydrogen) atoms. The molecule has 2 unspecified atom stereocenters. The molecular formula is C15H27BrO. The van der Waals surface area contributed by atoms with E-state index in [9.17, 15) is 0 Å². The van der Waals surface area contributed by atoms with E-state index in [0.29, 0.717) is 17.1 Å². The summed E-state index contributed by atoms with van der Waals surface area (Å²) in [7, 11) is 0. The summed E-state index contributed by atoms with van der Waals surface area (Å²) in [5.41, 5.74) is 0.717. The number of alkyl halides is 1.